The maximum absolute atomic E-state index is 12.3. The van der Waals surface area contributed by atoms with Crippen LogP contribution < -0.4 is 0 Å². The van der Waals surface area contributed by atoms with Crippen molar-refractivity contribution >= 4 is 33.9 Å². The van der Waals surface area contributed by atoms with Gasteiger partial charge in [0.05, 0.1) is 0 Å². The third kappa shape index (κ3) is 2.82. The summed E-state index contributed by atoms with van der Waals surface area (Å²) in [5.41, 5.74) is 2.41. The van der Waals surface area contributed by atoms with Crippen LogP contribution in [0.15, 0.2) is 64.7 Å². The van der Waals surface area contributed by atoms with Crippen LogP contribution in [0.1, 0.15) is 15.9 Å². The number of ketones is 1. The number of benzene rings is 2. The van der Waals surface area contributed by atoms with Crippen molar-refractivity contribution in [1.82, 2.24) is 0 Å². The van der Waals surface area contributed by atoms with Gasteiger partial charge in [-0.05, 0) is 9.65 Å². The molecule has 0 radical (unpaired) electrons. The molecule has 0 atom stereocenters. The van der Waals surface area contributed by atoms with Gasteiger partial charge in [0.25, 0.3) is 0 Å². The molecule has 0 amide bonds. The van der Waals surface area contributed by atoms with Gasteiger partial charge < -0.3 is 0 Å². The number of hydrogen-bond donors (Lipinski definition) is 0. The summed E-state index contributed by atoms with van der Waals surface area (Å²) in [7, 11) is 0. The van der Waals surface area contributed by atoms with Crippen LogP contribution in [0.5, 0.6) is 0 Å². The highest BCUT2D eigenvalue weighted by atomic mass is 127. The van der Waals surface area contributed by atoms with Crippen molar-refractivity contribution in [3.05, 3.63) is 75.9 Å². The fourth-order valence-electron chi connectivity index (χ4n) is 1.61. The molecule has 0 spiro atoms. The summed E-state index contributed by atoms with van der Waals surface area (Å²) >= 11 is 2.11. The molecule has 1 nitrogen and oxygen atoms in total. The second kappa shape index (κ2) is 5.77. The van der Waals surface area contributed by atoms with Gasteiger partial charge in [-0.2, -0.15) is 0 Å². The molecule has 2 heteroatoms. The normalized spacial score (nSPS) is 11.2. The van der Waals surface area contributed by atoms with Crippen LogP contribution in [0.4, 0.5) is 0 Å². The highest BCUT2D eigenvalue weighted by molar-refractivity contribution is 14.1. The van der Waals surface area contributed by atoms with E-state index in [1.165, 1.54) is 0 Å². The summed E-state index contributed by atoms with van der Waals surface area (Å²) < 4.78 is 1.84. The van der Waals surface area contributed by atoms with Gasteiger partial charge in [0.1, 0.15) is 0 Å². The van der Waals surface area contributed by atoms with E-state index < -0.39 is 0 Å². The molecule has 0 saturated heterocycles. The highest BCUT2D eigenvalue weighted by Crippen LogP contribution is 2.21. The van der Waals surface area contributed by atoms with E-state index in [2.05, 4.69) is 22.6 Å². The SMILES string of the molecule is O=C(/C(=C\I)c1ccccc1)c1ccccc1. The molecule has 17 heavy (non-hydrogen) atoms. The first-order valence-corrected chi connectivity index (χ1v) is 6.53. The molecule has 0 N–H and O–H groups in total. The van der Waals surface area contributed by atoms with E-state index in [0.717, 1.165) is 16.7 Å². The molecule has 0 aromatic heterocycles. The average Bonchev–Trinajstić information content (AvgIpc) is 2.42. The summed E-state index contributed by atoms with van der Waals surface area (Å²) in [6.45, 7) is 0. The predicted molar refractivity (Wildman–Crippen MR) is 79.2 cm³/mol. The highest BCUT2D eigenvalue weighted by Gasteiger charge is 2.12. The topological polar surface area (TPSA) is 17.1 Å². The molecule has 0 saturated carbocycles. The smallest absolute Gasteiger partial charge is 0.194 e. The Morgan fingerprint density at radius 3 is 1.76 bits per heavy atom. The number of carbonyl (C=O) groups is 1. The van der Waals surface area contributed by atoms with Crippen molar-refractivity contribution in [2.75, 3.05) is 0 Å². The van der Waals surface area contributed by atoms with Crippen molar-refractivity contribution in [3.63, 3.8) is 0 Å². The maximum atomic E-state index is 12.3. The Labute approximate surface area is 114 Å². The minimum atomic E-state index is 0.0613. The van der Waals surface area contributed by atoms with Gasteiger partial charge in [-0.3, -0.25) is 4.79 Å². The third-order valence-electron chi connectivity index (χ3n) is 2.47. The van der Waals surface area contributed by atoms with Gasteiger partial charge in [0.2, 0.25) is 0 Å². The first-order chi connectivity index (χ1) is 8.33. The average molecular weight is 334 g/mol. The van der Waals surface area contributed by atoms with E-state index in [1.807, 2.05) is 64.7 Å². The molecule has 2 aromatic carbocycles. The van der Waals surface area contributed by atoms with Crippen LogP contribution in [0.3, 0.4) is 0 Å². The molecule has 2 aromatic rings. The largest absolute Gasteiger partial charge is 0.289 e. The number of Topliss-reactive ketones (excluding diaryl/α,β-unsaturated/α-hetero) is 1. The third-order valence-corrected chi connectivity index (χ3v) is 3.10. The predicted octanol–water partition coefficient (Wildman–Crippen LogP) is 4.35. The number of halogens is 1. The Kier molecular flexibility index (Phi) is 4.09. The summed E-state index contributed by atoms with van der Waals surface area (Å²) in [4.78, 5) is 12.3. The zero-order valence-electron chi connectivity index (χ0n) is 9.14. The van der Waals surface area contributed by atoms with Crippen LogP contribution in [-0.2, 0) is 0 Å². The maximum Gasteiger partial charge on any atom is 0.194 e. The van der Waals surface area contributed by atoms with Gasteiger partial charge in [0.15, 0.2) is 5.78 Å². The van der Waals surface area contributed by atoms with E-state index in [1.54, 1.807) is 0 Å². The van der Waals surface area contributed by atoms with Crippen LogP contribution in [0.25, 0.3) is 5.57 Å². The van der Waals surface area contributed by atoms with E-state index in [4.69, 9.17) is 0 Å². The molecule has 2 rings (SSSR count). The quantitative estimate of drug-likeness (QED) is 0.463. The molecule has 0 aliphatic heterocycles. The Morgan fingerprint density at radius 2 is 1.29 bits per heavy atom. The number of carbonyl (C=O) groups excluding carboxylic acids is 1. The molecular formula is C15H11IO. The van der Waals surface area contributed by atoms with Crippen LogP contribution >= 0.6 is 22.6 Å². The number of allylic oxidation sites excluding steroid dienone is 1. The van der Waals surface area contributed by atoms with E-state index in [0.29, 0.717) is 0 Å². The molecule has 0 aliphatic carbocycles. The molecule has 0 fully saturated rings. The molecular weight excluding hydrogens is 323 g/mol. The lowest BCUT2D eigenvalue weighted by atomic mass is 9.98. The van der Waals surface area contributed by atoms with Crippen LogP contribution in [0, 0.1) is 0 Å². The molecule has 84 valence electrons. The lowest BCUT2D eigenvalue weighted by Crippen LogP contribution is -2.01. The van der Waals surface area contributed by atoms with Crippen LogP contribution in [0.2, 0.25) is 0 Å². The number of hydrogen-bond acceptors (Lipinski definition) is 1. The Hall–Kier alpha value is -1.42. The minimum Gasteiger partial charge on any atom is -0.289 e. The van der Waals surface area contributed by atoms with E-state index in [9.17, 15) is 4.79 Å². The van der Waals surface area contributed by atoms with E-state index >= 15 is 0 Å². The van der Waals surface area contributed by atoms with Gasteiger partial charge in [0, 0.05) is 11.1 Å². The van der Waals surface area contributed by atoms with Crippen molar-refractivity contribution in [2.45, 2.75) is 0 Å². The fourth-order valence-corrected chi connectivity index (χ4v) is 2.25. The minimum absolute atomic E-state index is 0.0613. The van der Waals surface area contributed by atoms with Crippen molar-refractivity contribution in [3.8, 4) is 0 Å². The lowest BCUT2D eigenvalue weighted by molar-refractivity contribution is 0.105. The van der Waals surface area contributed by atoms with Gasteiger partial charge >= 0.3 is 0 Å². The second-order valence-corrected chi connectivity index (χ2v) is 4.21. The van der Waals surface area contributed by atoms with Crippen molar-refractivity contribution < 1.29 is 4.79 Å². The molecule has 0 heterocycles. The summed E-state index contributed by atoms with van der Waals surface area (Å²) in [6.07, 6.45) is 0. The summed E-state index contributed by atoms with van der Waals surface area (Å²) in [5.74, 6) is 0.0613. The second-order valence-electron chi connectivity index (χ2n) is 3.58. The van der Waals surface area contributed by atoms with Gasteiger partial charge in [-0.15, -0.1) is 0 Å². The zero-order chi connectivity index (χ0) is 12.1. The summed E-state index contributed by atoms with van der Waals surface area (Å²) in [5, 5.41) is 0. The van der Waals surface area contributed by atoms with Gasteiger partial charge in [-0.25, -0.2) is 0 Å². The van der Waals surface area contributed by atoms with Gasteiger partial charge in [-0.1, -0.05) is 83.3 Å². The monoisotopic (exact) mass is 334 g/mol. The first-order valence-electron chi connectivity index (χ1n) is 5.28. The van der Waals surface area contributed by atoms with E-state index in [-0.39, 0.29) is 5.78 Å². The standard InChI is InChI=1S/C15H11IO/c16-11-14(12-7-3-1-4-8-12)15(17)13-9-5-2-6-10-13/h1-11H/b14-11-. The fraction of sp³-hybridized carbons (Fsp3) is 0. The summed E-state index contributed by atoms with van der Waals surface area (Å²) in [6, 6.07) is 19.1. The lowest BCUT2D eigenvalue weighted by Gasteiger charge is -2.05. The first kappa shape index (κ1) is 12.0. The Bertz CT molecular complexity index is 529. The Balaban J connectivity index is 2.37. The Morgan fingerprint density at radius 1 is 0.824 bits per heavy atom. The van der Waals surface area contributed by atoms with Crippen molar-refractivity contribution in [2.24, 2.45) is 0 Å². The zero-order valence-corrected chi connectivity index (χ0v) is 11.3. The number of rotatable bonds is 3. The molecule has 0 unspecified atom stereocenters. The van der Waals surface area contributed by atoms with Crippen molar-refractivity contribution in [1.29, 1.82) is 0 Å². The molecule has 0 aliphatic rings. The molecule has 0 bridgehead atoms. The van der Waals surface area contributed by atoms with Crippen LogP contribution in [-0.4, -0.2) is 5.78 Å².